The average molecular weight is 1170 g/mol. The fraction of sp³-hybridized carbons (Fsp3) is 0.163. The minimum absolute atomic E-state index is 0.0104. The lowest BCUT2D eigenvalue weighted by atomic mass is 9.76. The molecule has 0 aliphatic carbocycles. The van der Waals surface area contributed by atoms with E-state index in [9.17, 15) is 0 Å². The predicted octanol–water partition coefficient (Wildman–Crippen LogP) is 25.3. The van der Waals surface area contributed by atoms with Gasteiger partial charge in [-0.1, -0.05) is 304 Å². The number of furan rings is 3. The molecule has 15 rings (SSSR count). The van der Waals surface area contributed by atoms with E-state index in [-0.39, 0.29) is 64.6 Å². The monoisotopic (exact) mass is 1160 g/mol. The quantitative estimate of drug-likeness (QED) is 0.167. The molecule has 0 aliphatic rings. The van der Waals surface area contributed by atoms with Crippen LogP contribution >= 0.6 is 0 Å². The second-order valence-corrected chi connectivity index (χ2v) is 26.1. The van der Waals surface area contributed by atoms with Gasteiger partial charge >= 0.3 is 0 Å². The Balaban J connectivity index is 0.000000132. The van der Waals surface area contributed by atoms with Gasteiger partial charge in [-0.05, 0) is 138 Å². The zero-order valence-electron chi connectivity index (χ0n) is 60.4. The number of para-hydroxylation sites is 4. The van der Waals surface area contributed by atoms with Crippen molar-refractivity contribution >= 4 is 65.8 Å². The molecular weight excluding hydrogens is 1080 g/mol. The van der Waals surface area contributed by atoms with Crippen molar-refractivity contribution in [2.75, 3.05) is 0 Å². The summed E-state index contributed by atoms with van der Waals surface area (Å²) in [5, 5.41) is 6.56. The van der Waals surface area contributed by atoms with E-state index >= 15 is 0 Å². The van der Waals surface area contributed by atoms with Crippen LogP contribution in [0.4, 0.5) is 0 Å². The molecule has 0 unspecified atom stereocenters. The highest BCUT2D eigenvalue weighted by atomic mass is 16.3. The summed E-state index contributed by atoms with van der Waals surface area (Å²) >= 11 is 0. The third-order valence-corrected chi connectivity index (χ3v) is 16.6. The molecule has 0 radical (unpaired) electrons. The molecule has 3 heterocycles. The largest absolute Gasteiger partial charge is 0.456 e. The van der Waals surface area contributed by atoms with Crippen LogP contribution in [-0.4, -0.2) is 0 Å². The molecular formula is C86H76O3. The zero-order chi connectivity index (χ0) is 68.7. The van der Waals surface area contributed by atoms with Crippen molar-refractivity contribution in [2.45, 2.75) is 92.4 Å². The Bertz CT molecular complexity index is 5530. The standard InChI is InChI=1S/2C29H26O.C28H24O/c1-19-10-7-11-20(18-19)21-13-8-15-23(28(21)29(2,3)4)22-14-9-17-26-27(22)24-12-5-6-16-25(24)30-26;1-19-10-7-11-20(18-19)21-13-8-14-23(27(21)29(2,3)4)25-16-9-15-24-22-12-5-6-17-26(22)30-28(24)25;1-28(2,3)27-20(19-11-5-4-6-12-19)14-9-16-22(27)21-15-10-18-25-26(21)23-13-7-8-17-24(23)29-25/h2*5-18H,1-4H3;4-18H,1-3H3/i2*7D,10D,11D,18D;. The van der Waals surface area contributed by atoms with E-state index in [2.05, 4.69) is 184 Å². The summed E-state index contributed by atoms with van der Waals surface area (Å²) in [6.45, 7) is 23.0. The summed E-state index contributed by atoms with van der Waals surface area (Å²) in [7, 11) is 0. The van der Waals surface area contributed by atoms with Gasteiger partial charge in [0, 0.05) is 37.9 Å². The number of hydrogen-bond donors (Lipinski definition) is 0. The summed E-state index contributed by atoms with van der Waals surface area (Å²) in [6.07, 6.45) is 0. The first kappa shape index (κ1) is 49.1. The van der Waals surface area contributed by atoms with E-state index in [0.29, 0.717) is 22.3 Å². The van der Waals surface area contributed by atoms with Crippen LogP contribution in [0.1, 0.15) is 101 Å². The summed E-state index contributed by atoms with van der Waals surface area (Å²) in [6, 6.07) is 71.9. The maximum absolute atomic E-state index is 8.76. The summed E-state index contributed by atoms with van der Waals surface area (Å²) in [4.78, 5) is 0. The normalized spacial score (nSPS) is 13.2. The molecule has 0 N–H and O–H groups in total. The van der Waals surface area contributed by atoms with Gasteiger partial charge in [-0.15, -0.1) is 0 Å². The lowest BCUT2D eigenvalue weighted by molar-refractivity contribution is 0.593. The number of benzene rings is 12. The number of hydrogen-bond acceptors (Lipinski definition) is 3. The topological polar surface area (TPSA) is 39.4 Å². The van der Waals surface area contributed by atoms with Gasteiger partial charge in [0.25, 0.3) is 0 Å². The van der Waals surface area contributed by atoms with E-state index in [1.165, 1.54) is 38.6 Å². The van der Waals surface area contributed by atoms with Crippen LogP contribution in [0.3, 0.4) is 0 Å². The lowest BCUT2D eigenvalue weighted by Crippen LogP contribution is -2.14. The molecule has 438 valence electrons. The van der Waals surface area contributed by atoms with Gasteiger partial charge in [0.1, 0.15) is 33.5 Å². The highest BCUT2D eigenvalue weighted by Crippen LogP contribution is 2.48. The predicted molar refractivity (Wildman–Crippen MR) is 379 cm³/mol. The molecule has 89 heavy (non-hydrogen) atoms. The molecule has 12 aromatic carbocycles. The molecule has 3 nitrogen and oxygen atoms in total. The second-order valence-electron chi connectivity index (χ2n) is 26.1. The van der Waals surface area contributed by atoms with E-state index in [1.807, 2.05) is 91.0 Å². The zero-order valence-corrected chi connectivity index (χ0v) is 52.4. The average Bonchev–Trinajstić information content (AvgIpc) is 1.70. The van der Waals surface area contributed by atoms with Crippen LogP contribution < -0.4 is 0 Å². The van der Waals surface area contributed by atoms with Gasteiger partial charge in [-0.2, -0.15) is 0 Å². The second kappa shape index (κ2) is 23.3. The molecule has 0 bridgehead atoms. The van der Waals surface area contributed by atoms with Crippen LogP contribution in [0.5, 0.6) is 0 Å². The van der Waals surface area contributed by atoms with Crippen molar-refractivity contribution in [3.05, 3.63) is 288 Å². The number of fused-ring (bicyclic) bond motifs is 9. The van der Waals surface area contributed by atoms with Crippen LogP contribution in [0.25, 0.3) is 133 Å². The molecule has 0 fully saturated rings. The Kier molecular flexibility index (Phi) is 12.8. The minimum atomic E-state index is -0.325. The maximum atomic E-state index is 8.76. The molecule has 0 atom stereocenters. The fourth-order valence-electron chi connectivity index (χ4n) is 13.1. The Morgan fingerprint density at radius 2 is 0.596 bits per heavy atom. The summed E-state index contributed by atoms with van der Waals surface area (Å²) in [5.41, 5.74) is 20.1. The molecule has 0 amide bonds. The highest BCUT2D eigenvalue weighted by Gasteiger charge is 2.29. The summed E-state index contributed by atoms with van der Waals surface area (Å²) in [5.74, 6) is 0. The van der Waals surface area contributed by atoms with E-state index in [0.717, 1.165) is 99.6 Å². The Morgan fingerprint density at radius 1 is 0.270 bits per heavy atom. The first-order chi connectivity index (χ1) is 46.3. The third-order valence-electron chi connectivity index (χ3n) is 16.6. The van der Waals surface area contributed by atoms with Crippen molar-refractivity contribution in [3.63, 3.8) is 0 Å². The summed E-state index contributed by atoms with van der Waals surface area (Å²) < 4.78 is 86.4. The molecule has 3 heteroatoms. The van der Waals surface area contributed by atoms with Crippen LogP contribution in [-0.2, 0) is 16.2 Å². The smallest absolute Gasteiger partial charge is 0.143 e. The van der Waals surface area contributed by atoms with Crippen molar-refractivity contribution in [1.29, 1.82) is 0 Å². The lowest BCUT2D eigenvalue weighted by Gasteiger charge is -2.27. The highest BCUT2D eigenvalue weighted by molar-refractivity contribution is 6.15. The van der Waals surface area contributed by atoms with Gasteiger partial charge in [-0.25, -0.2) is 0 Å². The first-order valence-corrected chi connectivity index (χ1v) is 30.6. The molecule has 15 aromatic rings. The van der Waals surface area contributed by atoms with E-state index in [4.69, 9.17) is 24.2 Å². The first-order valence-electron chi connectivity index (χ1n) is 34.6. The van der Waals surface area contributed by atoms with Gasteiger partial charge in [0.05, 0.1) is 11.0 Å². The van der Waals surface area contributed by atoms with Crippen molar-refractivity contribution in [2.24, 2.45) is 0 Å². The van der Waals surface area contributed by atoms with Gasteiger partial charge in [-0.3, -0.25) is 0 Å². The van der Waals surface area contributed by atoms with Crippen molar-refractivity contribution in [1.82, 2.24) is 0 Å². The van der Waals surface area contributed by atoms with Crippen molar-refractivity contribution < 1.29 is 24.2 Å². The molecule has 3 aromatic heterocycles. The van der Waals surface area contributed by atoms with Gasteiger partial charge < -0.3 is 13.3 Å². The van der Waals surface area contributed by atoms with Gasteiger partial charge in [0.15, 0.2) is 0 Å². The van der Waals surface area contributed by atoms with Crippen LogP contribution in [0.15, 0.2) is 274 Å². The van der Waals surface area contributed by atoms with E-state index < -0.39 is 0 Å². The molecule has 0 spiro atoms. The molecule has 0 saturated heterocycles. The fourth-order valence-corrected chi connectivity index (χ4v) is 13.1. The van der Waals surface area contributed by atoms with Crippen molar-refractivity contribution in [3.8, 4) is 66.8 Å². The van der Waals surface area contributed by atoms with Crippen LogP contribution in [0.2, 0.25) is 0 Å². The molecule has 0 saturated carbocycles. The Morgan fingerprint density at radius 3 is 1.06 bits per heavy atom. The Labute approximate surface area is 535 Å². The molecule has 0 aliphatic heterocycles. The SMILES string of the molecule is CC(C)(C)c1c(-c2ccccc2)cccc1-c1cccc2oc3ccccc3c12.[2H]c1c([2H])c(C)c([2H])c(-c2cccc(-c3cccc4c3oc3ccccc34)c2C(C)(C)C)c1[2H].[2H]c1c([2H])c(C)c([2H])c(-c2cccc(-c3cccc4oc5ccccc5c34)c2C(C)(C)C)c1[2H]. The maximum Gasteiger partial charge on any atom is 0.143 e. The third kappa shape index (κ3) is 11.2. The van der Waals surface area contributed by atoms with Gasteiger partial charge in [0.2, 0.25) is 0 Å². The van der Waals surface area contributed by atoms with E-state index in [1.54, 1.807) is 13.8 Å². The minimum Gasteiger partial charge on any atom is -0.456 e. The van der Waals surface area contributed by atoms with Crippen LogP contribution in [0, 0.1) is 13.8 Å². The Hall–Kier alpha value is -9.96. The number of rotatable bonds is 6.